The predicted molar refractivity (Wildman–Crippen MR) is 59.4 cm³/mol. The van der Waals surface area contributed by atoms with Crippen molar-refractivity contribution in [2.45, 2.75) is 19.4 Å². The van der Waals surface area contributed by atoms with Crippen LogP contribution in [0.3, 0.4) is 0 Å². The molecule has 1 aliphatic heterocycles. The number of hydrogen-bond donors (Lipinski definition) is 1. The molecule has 1 heterocycles. The highest BCUT2D eigenvalue weighted by atomic mass is 16.4. The molecule has 0 aromatic heterocycles. The molecule has 1 aromatic rings. The summed E-state index contributed by atoms with van der Waals surface area (Å²) < 4.78 is 0. The summed E-state index contributed by atoms with van der Waals surface area (Å²) in [7, 11) is 0. The van der Waals surface area contributed by atoms with Crippen LogP contribution in [-0.2, 0) is 16.0 Å². The number of anilines is 1. The van der Waals surface area contributed by atoms with Gasteiger partial charge in [0, 0.05) is 19.0 Å². The Balaban J connectivity index is 2.52. The normalized spacial score (nSPS) is 17.4. The van der Waals surface area contributed by atoms with Crippen molar-refractivity contribution in [2.24, 2.45) is 0 Å². The number of carboxylic acids is 1. The summed E-state index contributed by atoms with van der Waals surface area (Å²) in [6.07, 6.45) is 0.288. The Morgan fingerprint density at radius 1 is 1.53 bits per heavy atom. The van der Waals surface area contributed by atoms with Crippen molar-refractivity contribution in [1.29, 1.82) is 5.26 Å². The van der Waals surface area contributed by atoms with Crippen LogP contribution in [0.15, 0.2) is 18.2 Å². The summed E-state index contributed by atoms with van der Waals surface area (Å²) in [6, 6.07) is 5.99. The quantitative estimate of drug-likeness (QED) is 0.777. The number of amides is 1. The standard InChI is InChI=1S/C12H10N2O3/c1-7(15)14-10-4-8(6-13)2-3-9(10)5-11(14)12(16)17/h2-4,11H,5H2,1H3,(H,16,17). The van der Waals surface area contributed by atoms with Gasteiger partial charge in [-0.1, -0.05) is 6.07 Å². The minimum absolute atomic E-state index is 0.288. The third kappa shape index (κ3) is 1.74. The Bertz CT molecular complexity index is 545. The van der Waals surface area contributed by atoms with Crippen molar-refractivity contribution >= 4 is 17.6 Å². The smallest absolute Gasteiger partial charge is 0.327 e. The lowest BCUT2D eigenvalue weighted by molar-refractivity contribution is -0.139. The van der Waals surface area contributed by atoms with E-state index in [4.69, 9.17) is 10.4 Å². The molecule has 1 amide bonds. The first-order chi connectivity index (χ1) is 8.04. The molecule has 1 N–H and O–H groups in total. The molecule has 0 saturated carbocycles. The zero-order chi connectivity index (χ0) is 12.6. The van der Waals surface area contributed by atoms with Crippen molar-refractivity contribution in [1.82, 2.24) is 0 Å². The van der Waals surface area contributed by atoms with Gasteiger partial charge in [0.1, 0.15) is 6.04 Å². The van der Waals surface area contributed by atoms with Crippen LogP contribution in [0, 0.1) is 11.3 Å². The Labute approximate surface area is 97.9 Å². The largest absolute Gasteiger partial charge is 0.480 e. The van der Waals surface area contributed by atoms with Gasteiger partial charge in [0.25, 0.3) is 0 Å². The molecule has 1 aromatic carbocycles. The number of rotatable bonds is 1. The number of carbonyl (C=O) groups is 2. The number of aliphatic carboxylic acids is 1. The lowest BCUT2D eigenvalue weighted by Crippen LogP contribution is -2.41. The predicted octanol–water partition coefficient (Wildman–Crippen LogP) is 0.920. The maximum Gasteiger partial charge on any atom is 0.327 e. The average molecular weight is 230 g/mol. The van der Waals surface area contributed by atoms with Gasteiger partial charge in [-0.05, 0) is 17.7 Å². The van der Waals surface area contributed by atoms with Crippen molar-refractivity contribution in [3.63, 3.8) is 0 Å². The second-order valence-electron chi connectivity index (χ2n) is 3.90. The van der Waals surface area contributed by atoms with E-state index < -0.39 is 12.0 Å². The fourth-order valence-corrected chi connectivity index (χ4v) is 2.08. The van der Waals surface area contributed by atoms with Crippen molar-refractivity contribution in [2.75, 3.05) is 4.90 Å². The Morgan fingerprint density at radius 2 is 2.24 bits per heavy atom. The zero-order valence-corrected chi connectivity index (χ0v) is 9.17. The molecular formula is C12H10N2O3. The summed E-state index contributed by atoms with van der Waals surface area (Å²) in [4.78, 5) is 23.8. The molecule has 17 heavy (non-hydrogen) atoms. The molecule has 0 spiro atoms. The number of nitriles is 1. The van der Waals surface area contributed by atoms with Crippen LogP contribution in [0.5, 0.6) is 0 Å². The minimum Gasteiger partial charge on any atom is -0.480 e. The summed E-state index contributed by atoms with van der Waals surface area (Å²) in [6.45, 7) is 1.32. The van der Waals surface area contributed by atoms with Crippen molar-refractivity contribution < 1.29 is 14.7 Å². The Morgan fingerprint density at radius 3 is 2.76 bits per heavy atom. The molecule has 1 unspecified atom stereocenters. The molecule has 0 aliphatic carbocycles. The second-order valence-corrected chi connectivity index (χ2v) is 3.90. The lowest BCUT2D eigenvalue weighted by atomic mass is 10.1. The van der Waals surface area contributed by atoms with E-state index in [1.54, 1.807) is 18.2 Å². The molecule has 1 atom stereocenters. The number of carboxylic acid groups (broad SMARTS) is 1. The second kappa shape index (κ2) is 3.91. The van der Waals surface area contributed by atoms with Gasteiger partial charge in [0.15, 0.2) is 0 Å². The zero-order valence-electron chi connectivity index (χ0n) is 9.17. The van der Waals surface area contributed by atoms with Crippen LogP contribution >= 0.6 is 0 Å². The van der Waals surface area contributed by atoms with E-state index in [0.29, 0.717) is 11.3 Å². The van der Waals surface area contributed by atoms with E-state index in [0.717, 1.165) is 5.56 Å². The highest BCUT2D eigenvalue weighted by Gasteiger charge is 2.36. The highest BCUT2D eigenvalue weighted by molar-refractivity contribution is 6.00. The van der Waals surface area contributed by atoms with E-state index in [-0.39, 0.29) is 12.3 Å². The number of fused-ring (bicyclic) bond motifs is 1. The topological polar surface area (TPSA) is 81.4 Å². The van der Waals surface area contributed by atoms with Gasteiger partial charge in [-0.25, -0.2) is 4.79 Å². The maximum absolute atomic E-state index is 11.5. The minimum atomic E-state index is -1.03. The monoisotopic (exact) mass is 230 g/mol. The highest BCUT2D eigenvalue weighted by Crippen LogP contribution is 2.33. The Kier molecular flexibility index (Phi) is 2.56. The molecule has 5 heteroatoms. The fraction of sp³-hybridized carbons (Fsp3) is 0.250. The van der Waals surface area contributed by atoms with E-state index >= 15 is 0 Å². The van der Waals surface area contributed by atoms with Crippen LogP contribution in [0.25, 0.3) is 0 Å². The SMILES string of the molecule is CC(=O)N1c2cc(C#N)ccc2CC1C(=O)O. The summed E-state index contributed by atoms with van der Waals surface area (Å²) in [5.74, 6) is -1.36. The van der Waals surface area contributed by atoms with Crippen LogP contribution in [0.2, 0.25) is 0 Å². The van der Waals surface area contributed by atoms with Gasteiger partial charge < -0.3 is 5.11 Å². The third-order valence-electron chi connectivity index (χ3n) is 2.82. The summed E-state index contributed by atoms with van der Waals surface area (Å²) >= 11 is 0. The average Bonchev–Trinajstić information content (AvgIpc) is 2.66. The summed E-state index contributed by atoms with van der Waals surface area (Å²) in [5, 5.41) is 17.9. The van der Waals surface area contributed by atoms with Gasteiger partial charge in [0.05, 0.1) is 11.6 Å². The van der Waals surface area contributed by atoms with E-state index in [9.17, 15) is 9.59 Å². The molecule has 1 aliphatic rings. The Hall–Kier alpha value is -2.35. The number of benzene rings is 1. The first-order valence-electron chi connectivity index (χ1n) is 5.10. The van der Waals surface area contributed by atoms with Crippen LogP contribution < -0.4 is 4.90 Å². The van der Waals surface area contributed by atoms with Gasteiger partial charge in [-0.15, -0.1) is 0 Å². The third-order valence-corrected chi connectivity index (χ3v) is 2.82. The fourth-order valence-electron chi connectivity index (χ4n) is 2.08. The molecule has 5 nitrogen and oxygen atoms in total. The van der Waals surface area contributed by atoms with Gasteiger partial charge in [-0.2, -0.15) is 5.26 Å². The first-order valence-corrected chi connectivity index (χ1v) is 5.10. The van der Waals surface area contributed by atoms with Crippen LogP contribution in [0.4, 0.5) is 5.69 Å². The van der Waals surface area contributed by atoms with Crippen molar-refractivity contribution in [3.05, 3.63) is 29.3 Å². The van der Waals surface area contributed by atoms with E-state index in [1.807, 2.05) is 6.07 Å². The van der Waals surface area contributed by atoms with Crippen molar-refractivity contribution in [3.8, 4) is 6.07 Å². The van der Waals surface area contributed by atoms with Crippen LogP contribution in [-0.4, -0.2) is 23.0 Å². The maximum atomic E-state index is 11.5. The van der Waals surface area contributed by atoms with Crippen LogP contribution in [0.1, 0.15) is 18.1 Å². The molecule has 0 radical (unpaired) electrons. The number of nitrogens with zero attached hydrogens (tertiary/aromatic N) is 2. The number of carbonyl (C=O) groups excluding carboxylic acids is 1. The van der Waals surface area contributed by atoms with E-state index in [2.05, 4.69) is 0 Å². The number of hydrogen-bond acceptors (Lipinski definition) is 3. The van der Waals surface area contributed by atoms with Gasteiger partial charge in [0.2, 0.25) is 5.91 Å². The molecule has 2 rings (SSSR count). The van der Waals surface area contributed by atoms with E-state index in [1.165, 1.54) is 11.8 Å². The lowest BCUT2D eigenvalue weighted by Gasteiger charge is -2.20. The van der Waals surface area contributed by atoms with Gasteiger partial charge in [-0.3, -0.25) is 9.69 Å². The molecule has 86 valence electrons. The first kappa shape index (κ1) is 11.1. The molecule has 0 fully saturated rings. The van der Waals surface area contributed by atoms with Gasteiger partial charge >= 0.3 is 5.97 Å². The summed E-state index contributed by atoms with van der Waals surface area (Å²) in [5.41, 5.74) is 1.73. The molecule has 0 bridgehead atoms. The molecular weight excluding hydrogens is 220 g/mol. The molecule has 0 saturated heterocycles.